The summed E-state index contributed by atoms with van der Waals surface area (Å²) in [6.45, 7) is 1.05. The van der Waals surface area contributed by atoms with Crippen LogP contribution in [0.2, 0.25) is 0 Å². The van der Waals surface area contributed by atoms with Crippen LogP contribution >= 0.6 is 0 Å². The van der Waals surface area contributed by atoms with E-state index in [1.807, 2.05) is 0 Å². The van der Waals surface area contributed by atoms with Crippen molar-refractivity contribution in [2.75, 3.05) is 23.7 Å². The fraction of sp³-hybridized carbons (Fsp3) is 0.333. The molecule has 0 aromatic heterocycles. The smallest absolute Gasteiger partial charge is 0.253 e. The van der Waals surface area contributed by atoms with E-state index >= 15 is 0 Å². The number of piperidine rings is 1. The van der Waals surface area contributed by atoms with Gasteiger partial charge in [0.1, 0.15) is 23.0 Å². The van der Waals surface area contributed by atoms with Crippen LogP contribution in [-0.4, -0.2) is 13.1 Å². The molecule has 0 amide bonds. The predicted molar refractivity (Wildman–Crippen MR) is 76.3 cm³/mol. The Labute approximate surface area is 119 Å². The van der Waals surface area contributed by atoms with Crippen molar-refractivity contribution >= 4 is 11.4 Å². The van der Waals surface area contributed by atoms with E-state index < -0.39 is 22.5 Å². The number of halogens is 2. The van der Waals surface area contributed by atoms with Crippen molar-refractivity contribution in [3.05, 3.63) is 55.8 Å². The zero-order valence-electron chi connectivity index (χ0n) is 11.2. The summed E-state index contributed by atoms with van der Waals surface area (Å²) in [7, 11) is 0. The molecule has 1 saturated heterocycles. The Morgan fingerprint density at radius 2 is 1.76 bits per heavy atom. The van der Waals surface area contributed by atoms with Gasteiger partial charge in [0.05, 0.1) is 0 Å². The third-order valence-electron chi connectivity index (χ3n) is 4.13. The zero-order chi connectivity index (χ0) is 15.1. The van der Waals surface area contributed by atoms with Gasteiger partial charge in [0, 0.05) is 19.2 Å². The molecule has 3 rings (SSSR count). The van der Waals surface area contributed by atoms with Crippen LogP contribution in [0.25, 0.3) is 0 Å². The molecule has 1 heterocycles. The maximum absolute atomic E-state index is 13.8. The summed E-state index contributed by atoms with van der Waals surface area (Å²) in [6.07, 6.45) is 1.25. The first-order chi connectivity index (χ1) is 9.99. The van der Waals surface area contributed by atoms with Gasteiger partial charge in [0.25, 0.3) is 10.9 Å². The zero-order valence-corrected chi connectivity index (χ0v) is 11.2. The predicted octanol–water partition coefficient (Wildman–Crippen LogP) is 1.53. The van der Waals surface area contributed by atoms with Gasteiger partial charge in [-0.1, -0.05) is 6.07 Å². The molecule has 4 nitrogen and oxygen atoms in total. The molecule has 0 bridgehead atoms. The van der Waals surface area contributed by atoms with Gasteiger partial charge in [-0.3, -0.25) is 9.59 Å². The highest BCUT2D eigenvalue weighted by Gasteiger charge is 2.29. The Bertz CT molecular complexity index is 757. The second-order valence-corrected chi connectivity index (χ2v) is 5.35. The van der Waals surface area contributed by atoms with Crippen LogP contribution in [0.1, 0.15) is 24.3 Å². The number of nitrogens with two attached hydrogens (primary N) is 1. The Balaban J connectivity index is 1.74. The molecule has 0 unspecified atom stereocenters. The summed E-state index contributed by atoms with van der Waals surface area (Å²) in [4.78, 5) is 24.4. The van der Waals surface area contributed by atoms with E-state index in [2.05, 4.69) is 0 Å². The average Bonchev–Trinajstić information content (AvgIpc) is 2.48. The van der Waals surface area contributed by atoms with E-state index in [1.165, 1.54) is 12.1 Å². The fourth-order valence-corrected chi connectivity index (χ4v) is 2.96. The van der Waals surface area contributed by atoms with Crippen LogP contribution in [0.3, 0.4) is 0 Å². The van der Waals surface area contributed by atoms with Crippen molar-refractivity contribution in [2.24, 2.45) is 0 Å². The largest absolute Gasteiger partial charge is 0.394 e. The van der Waals surface area contributed by atoms with Crippen molar-refractivity contribution in [1.82, 2.24) is 0 Å². The molecule has 1 fully saturated rings. The minimum atomic E-state index is -0.628. The lowest BCUT2D eigenvalue weighted by atomic mass is 9.88. The number of rotatable bonds is 2. The fourth-order valence-electron chi connectivity index (χ4n) is 2.96. The molecule has 21 heavy (non-hydrogen) atoms. The maximum Gasteiger partial charge on any atom is 0.253 e. The standard InChI is InChI=1S/C15H14F2N2O2/c16-9-1-2-10(11(17)7-9)8-3-5-19(6-4-8)13-12(18)14(20)15(13)21/h1-2,7-8H,3-6,18H2. The third-order valence-corrected chi connectivity index (χ3v) is 4.13. The molecule has 1 aliphatic rings. The van der Waals surface area contributed by atoms with Gasteiger partial charge in [0.15, 0.2) is 0 Å². The van der Waals surface area contributed by atoms with Crippen molar-refractivity contribution < 1.29 is 8.78 Å². The molecule has 0 atom stereocenters. The van der Waals surface area contributed by atoms with E-state index in [9.17, 15) is 18.4 Å². The molecule has 0 aliphatic carbocycles. The number of hydrogen-bond donors (Lipinski definition) is 1. The lowest BCUT2D eigenvalue weighted by Crippen LogP contribution is -2.45. The minimum Gasteiger partial charge on any atom is -0.394 e. The molecular formula is C15H14F2N2O2. The summed E-state index contributed by atoms with van der Waals surface area (Å²) in [5.74, 6) is -1.15. The number of benzene rings is 1. The lowest BCUT2D eigenvalue weighted by Gasteiger charge is -2.34. The second kappa shape index (κ2) is 4.95. The maximum atomic E-state index is 13.8. The molecule has 0 saturated carbocycles. The Morgan fingerprint density at radius 3 is 2.33 bits per heavy atom. The van der Waals surface area contributed by atoms with Crippen LogP contribution < -0.4 is 21.5 Å². The molecule has 110 valence electrons. The molecule has 6 heteroatoms. The number of nitrogen functional groups attached to an aromatic ring is 1. The van der Waals surface area contributed by atoms with Crippen LogP contribution in [0.4, 0.5) is 20.2 Å². The van der Waals surface area contributed by atoms with Crippen LogP contribution in [-0.2, 0) is 0 Å². The third kappa shape index (κ3) is 2.20. The molecule has 2 aromatic rings. The molecule has 0 radical (unpaired) electrons. The highest BCUT2D eigenvalue weighted by molar-refractivity contribution is 5.72. The molecule has 1 aliphatic heterocycles. The van der Waals surface area contributed by atoms with E-state index in [4.69, 9.17) is 5.73 Å². The van der Waals surface area contributed by atoms with Gasteiger partial charge >= 0.3 is 0 Å². The highest BCUT2D eigenvalue weighted by atomic mass is 19.1. The van der Waals surface area contributed by atoms with Gasteiger partial charge in [0.2, 0.25) is 0 Å². The first-order valence-corrected chi connectivity index (χ1v) is 6.77. The number of nitrogens with zero attached hydrogens (tertiary/aromatic N) is 1. The van der Waals surface area contributed by atoms with Crippen molar-refractivity contribution in [3.63, 3.8) is 0 Å². The van der Waals surface area contributed by atoms with Gasteiger partial charge in [-0.2, -0.15) is 0 Å². The van der Waals surface area contributed by atoms with E-state index in [0.29, 0.717) is 31.5 Å². The van der Waals surface area contributed by atoms with Crippen molar-refractivity contribution in [1.29, 1.82) is 0 Å². The quantitative estimate of drug-likeness (QED) is 0.853. The van der Waals surface area contributed by atoms with Crippen LogP contribution in [0, 0.1) is 11.6 Å². The molecule has 2 N–H and O–H groups in total. The Morgan fingerprint density at radius 1 is 1.10 bits per heavy atom. The van der Waals surface area contributed by atoms with Gasteiger partial charge in [-0.05, 0) is 30.4 Å². The van der Waals surface area contributed by atoms with Crippen molar-refractivity contribution in [2.45, 2.75) is 18.8 Å². The SMILES string of the molecule is Nc1c(N2CCC(c3ccc(F)cc3F)CC2)c(=O)c1=O. The lowest BCUT2D eigenvalue weighted by molar-refractivity contribution is 0.477. The Kier molecular flexibility index (Phi) is 3.23. The van der Waals surface area contributed by atoms with Gasteiger partial charge < -0.3 is 10.6 Å². The van der Waals surface area contributed by atoms with Crippen molar-refractivity contribution in [3.8, 4) is 0 Å². The summed E-state index contributed by atoms with van der Waals surface area (Å²) in [5, 5.41) is 0. The molecule has 0 spiro atoms. The van der Waals surface area contributed by atoms with E-state index in [-0.39, 0.29) is 17.3 Å². The topological polar surface area (TPSA) is 63.4 Å². The number of hydrogen-bond acceptors (Lipinski definition) is 4. The van der Waals surface area contributed by atoms with Gasteiger partial charge in [-0.25, -0.2) is 8.78 Å². The molecular weight excluding hydrogens is 278 g/mol. The molecule has 2 aromatic carbocycles. The highest BCUT2D eigenvalue weighted by Crippen LogP contribution is 2.32. The monoisotopic (exact) mass is 292 g/mol. The van der Waals surface area contributed by atoms with E-state index in [0.717, 1.165) is 6.07 Å². The summed E-state index contributed by atoms with van der Waals surface area (Å²) >= 11 is 0. The average molecular weight is 292 g/mol. The van der Waals surface area contributed by atoms with Gasteiger partial charge in [-0.15, -0.1) is 0 Å². The summed E-state index contributed by atoms with van der Waals surface area (Å²) in [6, 6.07) is 3.60. The van der Waals surface area contributed by atoms with E-state index in [1.54, 1.807) is 4.90 Å². The Hall–Kier alpha value is -2.24. The number of anilines is 2. The first-order valence-electron chi connectivity index (χ1n) is 6.77. The van der Waals surface area contributed by atoms with Crippen LogP contribution in [0.5, 0.6) is 0 Å². The second-order valence-electron chi connectivity index (χ2n) is 5.35. The van der Waals surface area contributed by atoms with Crippen LogP contribution in [0.15, 0.2) is 27.8 Å². The summed E-state index contributed by atoms with van der Waals surface area (Å²) in [5.41, 5.74) is 5.17. The first kappa shape index (κ1) is 13.7. The normalized spacial score (nSPS) is 16.6. The minimum absolute atomic E-state index is 0.0189. The summed E-state index contributed by atoms with van der Waals surface area (Å²) < 4.78 is 26.7.